The number of benzene rings is 2. The van der Waals surface area contributed by atoms with Gasteiger partial charge >= 0.3 is 5.97 Å². The Hall–Kier alpha value is -3.28. The first-order valence-electron chi connectivity index (χ1n) is 8.37. The van der Waals surface area contributed by atoms with E-state index in [1.807, 2.05) is 55.5 Å². The van der Waals surface area contributed by atoms with Crippen LogP contribution in [0.2, 0.25) is 0 Å². The van der Waals surface area contributed by atoms with Crippen LogP contribution in [0.15, 0.2) is 54.6 Å². The summed E-state index contributed by atoms with van der Waals surface area (Å²) in [5.74, 6) is 0.882. The average molecular weight is 350 g/mol. The SMILES string of the molecule is Cc1ccc(-c2cc(C(=O)OCC3COc4ccccc4O3)[nH]n2)cc1. The molecule has 2 heterocycles. The molecule has 0 amide bonds. The van der Waals surface area contributed by atoms with Crippen molar-refractivity contribution in [2.75, 3.05) is 13.2 Å². The van der Waals surface area contributed by atoms with Crippen LogP contribution in [0.25, 0.3) is 11.3 Å². The molecular formula is C20H18N2O4. The second kappa shape index (κ2) is 6.92. The summed E-state index contributed by atoms with van der Waals surface area (Å²) in [5.41, 5.74) is 3.10. The van der Waals surface area contributed by atoms with Gasteiger partial charge in [0.05, 0.1) is 5.69 Å². The molecule has 1 aliphatic rings. The standard InChI is InChI=1S/C20H18N2O4/c1-13-6-8-14(9-7-13)16-10-17(22-21-16)20(23)25-12-15-11-24-18-4-2-3-5-19(18)26-15/h2-10,15H,11-12H2,1H3,(H,21,22). The van der Waals surface area contributed by atoms with Crippen LogP contribution in [0, 0.1) is 6.92 Å². The van der Waals surface area contributed by atoms with Gasteiger partial charge in [-0.25, -0.2) is 4.79 Å². The highest BCUT2D eigenvalue weighted by Crippen LogP contribution is 2.30. The number of nitrogens with one attached hydrogen (secondary N) is 1. The van der Waals surface area contributed by atoms with Gasteiger partial charge in [-0.1, -0.05) is 42.0 Å². The summed E-state index contributed by atoms with van der Waals surface area (Å²) in [6.07, 6.45) is -0.339. The molecule has 1 N–H and O–H groups in total. The molecule has 0 saturated heterocycles. The maximum absolute atomic E-state index is 12.2. The van der Waals surface area contributed by atoms with E-state index >= 15 is 0 Å². The van der Waals surface area contributed by atoms with Crippen LogP contribution in [0.4, 0.5) is 0 Å². The number of para-hydroxylation sites is 2. The number of hydrogen-bond donors (Lipinski definition) is 1. The minimum atomic E-state index is -0.474. The molecule has 0 radical (unpaired) electrons. The molecule has 3 aromatic rings. The number of H-pyrrole nitrogens is 1. The van der Waals surface area contributed by atoms with E-state index < -0.39 is 5.97 Å². The van der Waals surface area contributed by atoms with Crippen molar-refractivity contribution in [1.82, 2.24) is 10.2 Å². The van der Waals surface area contributed by atoms with Crippen LogP contribution in [-0.2, 0) is 4.74 Å². The van der Waals surface area contributed by atoms with Crippen molar-refractivity contribution in [2.45, 2.75) is 13.0 Å². The lowest BCUT2D eigenvalue weighted by Gasteiger charge is -2.25. The van der Waals surface area contributed by atoms with Crippen LogP contribution in [0.3, 0.4) is 0 Å². The Morgan fingerprint density at radius 2 is 1.96 bits per heavy atom. The zero-order chi connectivity index (χ0) is 17.9. The van der Waals surface area contributed by atoms with Gasteiger partial charge in [0.25, 0.3) is 0 Å². The van der Waals surface area contributed by atoms with E-state index in [2.05, 4.69) is 10.2 Å². The molecule has 0 aliphatic carbocycles. The maximum atomic E-state index is 12.2. The van der Waals surface area contributed by atoms with Gasteiger partial charge in [0.1, 0.15) is 18.9 Å². The number of carbonyl (C=O) groups excluding carboxylic acids is 1. The van der Waals surface area contributed by atoms with Gasteiger partial charge in [-0.3, -0.25) is 5.10 Å². The van der Waals surface area contributed by atoms with Gasteiger partial charge in [0.2, 0.25) is 0 Å². The molecule has 0 saturated carbocycles. The molecule has 26 heavy (non-hydrogen) atoms. The quantitative estimate of drug-likeness (QED) is 0.730. The van der Waals surface area contributed by atoms with Crippen molar-refractivity contribution in [1.29, 1.82) is 0 Å². The third-order valence-electron chi connectivity index (χ3n) is 4.11. The summed E-state index contributed by atoms with van der Waals surface area (Å²) in [6.45, 7) is 2.46. The molecule has 0 spiro atoms. The minimum Gasteiger partial charge on any atom is -0.486 e. The minimum absolute atomic E-state index is 0.103. The fraction of sp³-hybridized carbons (Fsp3) is 0.200. The van der Waals surface area contributed by atoms with Gasteiger partial charge in [0, 0.05) is 5.56 Å². The lowest BCUT2D eigenvalue weighted by atomic mass is 10.1. The predicted octanol–water partition coefficient (Wildman–Crippen LogP) is 3.38. The number of carbonyl (C=O) groups is 1. The Kier molecular flexibility index (Phi) is 4.31. The molecule has 1 aliphatic heterocycles. The molecule has 6 nitrogen and oxygen atoms in total. The highest BCUT2D eigenvalue weighted by atomic mass is 16.6. The van der Waals surface area contributed by atoms with Gasteiger partial charge in [-0.15, -0.1) is 0 Å². The van der Waals surface area contributed by atoms with Gasteiger partial charge in [-0.2, -0.15) is 5.10 Å². The third-order valence-corrected chi connectivity index (χ3v) is 4.11. The first kappa shape index (κ1) is 16.2. The van der Waals surface area contributed by atoms with E-state index in [0.717, 1.165) is 5.56 Å². The molecule has 132 valence electrons. The number of aromatic amines is 1. The lowest BCUT2D eigenvalue weighted by Crippen LogP contribution is -2.34. The smallest absolute Gasteiger partial charge is 0.356 e. The molecule has 1 unspecified atom stereocenters. The third kappa shape index (κ3) is 3.39. The Morgan fingerprint density at radius 3 is 2.77 bits per heavy atom. The van der Waals surface area contributed by atoms with Crippen molar-refractivity contribution >= 4 is 5.97 Å². The number of fused-ring (bicyclic) bond motifs is 1. The molecular weight excluding hydrogens is 332 g/mol. The molecule has 4 rings (SSSR count). The van der Waals surface area contributed by atoms with E-state index in [1.165, 1.54) is 5.56 Å². The molecule has 6 heteroatoms. The number of rotatable bonds is 4. The molecule has 0 fully saturated rings. The van der Waals surface area contributed by atoms with Crippen LogP contribution in [0.1, 0.15) is 16.1 Å². The summed E-state index contributed by atoms with van der Waals surface area (Å²) in [6, 6.07) is 17.0. The van der Waals surface area contributed by atoms with Gasteiger partial charge < -0.3 is 14.2 Å². The van der Waals surface area contributed by atoms with Crippen molar-refractivity contribution in [3.63, 3.8) is 0 Å². The van der Waals surface area contributed by atoms with Crippen molar-refractivity contribution in [3.8, 4) is 22.8 Å². The number of hydrogen-bond acceptors (Lipinski definition) is 5. The highest BCUT2D eigenvalue weighted by molar-refractivity contribution is 5.88. The fourth-order valence-electron chi connectivity index (χ4n) is 2.69. The Balaban J connectivity index is 1.36. The Labute approximate surface area is 150 Å². The van der Waals surface area contributed by atoms with E-state index in [1.54, 1.807) is 6.07 Å². The molecule has 0 bridgehead atoms. The summed E-state index contributed by atoms with van der Waals surface area (Å²) < 4.78 is 16.7. The van der Waals surface area contributed by atoms with Crippen LogP contribution >= 0.6 is 0 Å². The second-order valence-electron chi connectivity index (χ2n) is 6.13. The number of esters is 1. The zero-order valence-electron chi connectivity index (χ0n) is 14.3. The molecule has 2 aromatic carbocycles. The number of ether oxygens (including phenoxy) is 3. The summed E-state index contributed by atoms with van der Waals surface area (Å²) in [7, 11) is 0. The van der Waals surface area contributed by atoms with Crippen molar-refractivity contribution in [2.24, 2.45) is 0 Å². The second-order valence-corrected chi connectivity index (χ2v) is 6.13. The largest absolute Gasteiger partial charge is 0.486 e. The van der Waals surface area contributed by atoms with Crippen LogP contribution in [0.5, 0.6) is 11.5 Å². The van der Waals surface area contributed by atoms with Crippen molar-refractivity contribution in [3.05, 3.63) is 65.9 Å². The predicted molar refractivity (Wildman–Crippen MR) is 95.4 cm³/mol. The van der Waals surface area contributed by atoms with E-state index in [4.69, 9.17) is 14.2 Å². The van der Waals surface area contributed by atoms with E-state index in [-0.39, 0.29) is 12.7 Å². The number of aromatic nitrogens is 2. The fourth-order valence-corrected chi connectivity index (χ4v) is 2.69. The maximum Gasteiger partial charge on any atom is 0.356 e. The monoisotopic (exact) mass is 350 g/mol. The van der Waals surface area contributed by atoms with E-state index in [0.29, 0.717) is 29.5 Å². The zero-order valence-corrected chi connectivity index (χ0v) is 14.3. The topological polar surface area (TPSA) is 73.4 Å². The Morgan fingerprint density at radius 1 is 1.19 bits per heavy atom. The van der Waals surface area contributed by atoms with Gasteiger partial charge in [0.15, 0.2) is 17.6 Å². The lowest BCUT2D eigenvalue weighted by molar-refractivity contribution is 0.0105. The first-order valence-corrected chi connectivity index (χ1v) is 8.37. The highest BCUT2D eigenvalue weighted by Gasteiger charge is 2.23. The summed E-state index contributed by atoms with van der Waals surface area (Å²) >= 11 is 0. The first-order chi connectivity index (χ1) is 12.7. The molecule has 1 atom stereocenters. The van der Waals surface area contributed by atoms with Crippen molar-refractivity contribution < 1.29 is 19.0 Å². The number of aryl methyl sites for hydroxylation is 1. The average Bonchev–Trinajstić information content (AvgIpc) is 3.17. The normalized spacial score (nSPS) is 15.5. The van der Waals surface area contributed by atoms with Gasteiger partial charge in [-0.05, 0) is 25.1 Å². The number of nitrogens with zero attached hydrogens (tertiary/aromatic N) is 1. The van der Waals surface area contributed by atoms with Crippen LogP contribution < -0.4 is 9.47 Å². The summed E-state index contributed by atoms with van der Waals surface area (Å²) in [5, 5.41) is 6.91. The van der Waals surface area contributed by atoms with E-state index in [9.17, 15) is 4.79 Å². The summed E-state index contributed by atoms with van der Waals surface area (Å²) in [4.78, 5) is 12.2. The Bertz CT molecular complexity index is 918. The van der Waals surface area contributed by atoms with Crippen LogP contribution in [-0.4, -0.2) is 35.5 Å². The molecule has 1 aromatic heterocycles.